The van der Waals surface area contributed by atoms with Crippen LogP contribution >= 0.6 is 0 Å². The smallest absolute Gasteiger partial charge is 0.233 e. The van der Waals surface area contributed by atoms with Gasteiger partial charge in [-0.1, -0.05) is 0 Å². The summed E-state index contributed by atoms with van der Waals surface area (Å²) in [6.07, 6.45) is 6.69. The predicted octanol–water partition coefficient (Wildman–Crippen LogP) is 3.40. The number of amidine groups is 1. The number of nitrogens with one attached hydrogen (secondary N) is 1. The van der Waals surface area contributed by atoms with Gasteiger partial charge >= 0.3 is 0 Å². The van der Waals surface area contributed by atoms with Gasteiger partial charge in [-0.05, 0) is 51.0 Å². The predicted molar refractivity (Wildman–Crippen MR) is 137 cm³/mol. The molecule has 0 radical (unpaired) electrons. The molecule has 2 aliphatic heterocycles. The number of aliphatic imine (C=N–C) groups is 1. The largest absolute Gasteiger partial charge is 0.467 e. The van der Waals surface area contributed by atoms with Crippen LogP contribution in [0.4, 0.5) is 15.9 Å². The summed E-state index contributed by atoms with van der Waals surface area (Å²) >= 11 is 0. The Hall–Kier alpha value is -4.13. The standard InChI is InChI=1S/C25H24FN7O4S/c1-24-7-5-18(38(24,34)35)25(2,33-23(24)27)15-11-14(3-4-16(15)26)31-22-21-17(6-8-29-22)32-19(12-30-21)37-13-20-28-9-10-36-20/h3-4,6,8-12,18H,5,7,13H2,1-2H3,(H2,27,33)(H,29,31)/t18-,24+,25+/m0/s1. The molecule has 5 heterocycles. The van der Waals surface area contributed by atoms with Crippen molar-refractivity contribution in [2.75, 3.05) is 5.32 Å². The van der Waals surface area contributed by atoms with E-state index in [1.807, 2.05) is 0 Å². The number of rotatable bonds is 6. The fraction of sp³-hybridized carbons (Fsp3) is 0.320. The zero-order valence-electron chi connectivity index (χ0n) is 20.6. The Morgan fingerprint density at radius 2 is 2.05 bits per heavy atom. The number of hydrogen-bond acceptors (Lipinski definition) is 11. The Balaban J connectivity index is 1.32. The van der Waals surface area contributed by atoms with Crippen LogP contribution in [0, 0.1) is 5.82 Å². The Bertz CT molecular complexity index is 1700. The summed E-state index contributed by atoms with van der Waals surface area (Å²) in [6.45, 7) is 3.31. The summed E-state index contributed by atoms with van der Waals surface area (Å²) in [6, 6.07) is 6.04. The molecule has 4 aromatic rings. The van der Waals surface area contributed by atoms with Crippen molar-refractivity contribution < 1.29 is 22.0 Å². The summed E-state index contributed by atoms with van der Waals surface area (Å²) in [4.78, 5) is 21.8. The van der Waals surface area contributed by atoms with Gasteiger partial charge in [-0.25, -0.2) is 32.7 Å². The van der Waals surface area contributed by atoms with E-state index in [-0.39, 0.29) is 23.9 Å². The highest BCUT2D eigenvalue weighted by atomic mass is 32.2. The van der Waals surface area contributed by atoms with E-state index >= 15 is 4.39 Å². The number of sulfone groups is 1. The van der Waals surface area contributed by atoms with E-state index in [0.717, 1.165) is 0 Å². The highest BCUT2D eigenvalue weighted by Gasteiger charge is 2.63. The first-order chi connectivity index (χ1) is 18.1. The molecule has 2 aliphatic rings. The third kappa shape index (κ3) is 3.60. The van der Waals surface area contributed by atoms with Gasteiger partial charge in [0, 0.05) is 17.4 Å². The SMILES string of the molecule is C[C@]1(c2cc(Nc3nccc4nc(OCc5ncco5)cnc34)ccc2F)N=C(N)[C@@]2(C)CC[C@@H]1S2(=O)=O. The van der Waals surface area contributed by atoms with Gasteiger partial charge in [-0.2, -0.15) is 0 Å². The monoisotopic (exact) mass is 537 g/mol. The van der Waals surface area contributed by atoms with Crippen LogP contribution in [0.15, 0.2) is 58.5 Å². The van der Waals surface area contributed by atoms with Crippen LogP contribution in [-0.2, 0) is 22.0 Å². The Morgan fingerprint density at radius 3 is 2.84 bits per heavy atom. The molecule has 38 heavy (non-hydrogen) atoms. The molecular weight excluding hydrogens is 513 g/mol. The first kappa shape index (κ1) is 24.2. The van der Waals surface area contributed by atoms with Crippen LogP contribution in [0.5, 0.6) is 5.88 Å². The molecule has 0 spiro atoms. The van der Waals surface area contributed by atoms with Crippen molar-refractivity contribution >= 4 is 38.2 Å². The quantitative estimate of drug-likeness (QED) is 0.373. The summed E-state index contributed by atoms with van der Waals surface area (Å²) in [7, 11) is -3.67. The number of pyridine rings is 1. The van der Waals surface area contributed by atoms with Crippen LogP contribution < -0.4 is 15.8 Å². The number of fused-ring (bicyclic) bond motifs is 3. The van der Waals surface area contributed by atoms with Crippen LogP contribution in [0.25, 0.3) is 11.0 Å². The Kier molecular flexibility index (Phi) is 5.38. The molecule has 1 aromatic carbocycles. The molecule has 6 rings (SSSR count). The second kappa shape index (κ2) is 8.45. The second-order valence-electron chi connectivity index (χ2n) is 9.72. The molecular formula is C25H24FN7O4S. The lowest BCUT2D eigenvalue weighted by Gasteiger charge is -2.39. The summed E-state index contributed by atoms with van der Waals surface area (Å²) in [5, 5.41) is 2.27. The molecule has 0 unspecified atom stereocenters. The topological polar surface area (TPSA) is 158 Å². The normalized spacial score (nSPS) is 25.8. The van der Waals surface area contributed by atoms with E-state index in [0.29, 0.717) is 41.3 Å². The van der Waals surface area contributed by atoms with E-state index in [1.165, 1.54) is 30.8 Å². The molecule has 3 N–H and O–H groups in total. The van der Waals surface area contributed by atoms with Crippen molar-refractivity contribution in [3.8, 4) is 5.88 Å². The van der Waals surface area contributed by atoms with Gasteiger partial charge in [0.25, 0.3) is 0 Å². The summed E-state index contributed by atoms with van der Waals surface area (Å²) in [5.74, 6) is 0.507. The number of benzene rings is 1. The molecule has 196 valence electrons. The minimum Gasteiger partial charge on any atom is -0.467 e. The third-order valence-corrected chi connectivity index (χ3v) is 10.6. The van der Waals surface area contributed by atoms with E-state index < -0.39 is 31.2 Å². The van der Waals surface area contributed by atoms with Gasteiger partial charge in [-0.15, -0.1) is 0 Å². The number of nitrogens with zero attached hydrogens (tertiary/aromatic N) is 5. The van der Waals surface area contributed by atoms with Crippen molar-refractivity contribution in [2.24, 2.45) is 10.7 Å². The maximum Gasteiger partial charge on any atom is 0.233 e. The lowest BCUT2D eigenvalue weighted by Crippen LogP contribution is -2.55. The van der Waals surface area contributed by atoms with Crippen LogP contribution in [-0.4, -0.2) is 44.2 Å². The molecule has 3 aromatic heterocycles. The number of aromatic nitrogens is 4. The number of anilines is 2. The first-order valence-corrected chi connectivity index (χ1v) is 13.5. The number of nitrogens with two attached hydrogens (primary N) is 1. The van der Waals surface area contributed by atoms with Gasteiger partial charge in [0.05, 0.1) is 23.2 Å². The molecule has 3 atom stereocenters. The third-order valence-electron chi connectivity index (χ3n) is 7.45. The minimum absolute atomic E-state index is 0.0124. The maximum absolute atomic E-state index is 15.2. The average Bonchev–Trinajstić information content (AvgIpc) is 3.47. The first-order valence-electron chi connectivity index (χ1n) is 11.9. The van der Waals surface area contributed by atoms with Crippen LogP contribution in [0.3, 0.4) is 0 Å². The zero-order chi connectivity index (χ0) is 26.7. The van der Waals surface area contributed by atoms with Gasteiger partial charge < -0.3 is 20.2 Å². The number of ether oxygens (including phenoxy) is 1. The maximum atomic E-state index is 15.2. The molecule has 13 heteroatoms. The highest BCUT2D eigenvalue weighted by molar-refractivity contribution is 7.94. The summed E-state index contributed by atoms with van der Waals surface area (Å²) in [5.41, 5.74) is 6.38. The Morgan fingerprint density at radius 1 is 1.21 bits per heavy atom. The van der Waals surface area contributed by atoms with Gasteiger partial charge in [0.15, 0.2) is 22.3 Å². The van der Waals surface area contributed by atoms with E-state index in [9.17, 15) is 8.42 Å². The highest BCUT2D eigenvalue weighted by Crippen LogP contribution is 2.51. The van der Waals surface area contributed by atoms with Gasteiger partial charge in [-0.3, -0.25) is 4.99 Å². The molecule has 0 aliphatic carbocycles. The second-order valence-corrected chi connectivity index (χ2v) is 12.3. The number of hydrogen-bond donors (Lipinski definition) is 2. The summed E-state index contributed by atoms with van der Waals surface area (Å²) < 4.78 is 51.4. The molecule has 0 amide bonds. The van der Waals surface area contributed by atoms with Crippen molar-refractivity contribution in [2.45, 2.75) is 48.8 Å². The lowest BCUT2D eigenvalue weighted by molar-refractivity contribution is 0.253. The molecule has 1 fully saturated rings. The van der Waals surface area contributed by atoms with E-state index in [4.69, 9.17) is 14.9 Å². The van der Waals surface area contributed by atoms with Crippen LogP contribution in [0.2, 0.25) is 0 Å². The average molecular weight is 538 g/mol. The van der Waals surface area contributed by atoms with E-state index in [1.54, 1.807) is 32.2 Å². The number of halogens is 1. The minimum atomic E-state index is -3.67. The van der Waals surface area contributed by atoms with Gasteiger partial charge in [0.2, 0.25) is 11.8 Å². The zero-order valence-corrected chi connectivity index (χ0v) is 21.4. The van der Waals surface area contributed by atoms with Gasteiger partial charge in [0.1, 0.15) is 33.7 Å². The molecule has 0 saturated carbocycles. The number of oxazole rings is 1. The molecule has 11 nitrogen and oxygen atoms in total. The van der Waals surface area contributed by atoms with Crippen molar-refractivity contribution in [3.05, 3.63) is 66.4 Å². The molecule has 2 bridgehead atoms. The lowest BCUT2D eigenvalue weighted by atomic mass is 9.86. The fourth-order valence-corrected chi connectivity index (χ4v) is 7.81. The van der Waals surface area contributed by atoms with Crippen molar-refractivity contribution in [3.63, 3.8) is 0 Å². The fourth-order valence-electron chi connectivity index (χ4n) is 5.23. The molecule has 1 saturated heterocycles. The van der Waals surface area contributed by atoms with Crippen molar-refractivity contribution in [1.82, 2.24) is 19.9 Å². The van der Waals surface area contributed by atoms with E-state index in [2.05, 4.69) is 30.2 Å². The van der Waals surface area contributed by atoms with Crippen LogP contribution in [0.1, 0.15) is 38.1 Å². The Labute approximate surface area is 217 Å². The van der Waals surface area contributed by atoms with Crippen molar-refractivity contribution in [1.29, 1.82) is 0 Å².